The summed E-state index contributed by atoms with van der Waals surface area (Å²) in [6.45, 7) is 0. The van der Waals surface area contributed by atoms with Gasteiger partial charge < -0.3 is 10.8 Å². The van der Waals surface area contributed by atoms with Gasteiger partial charge in [0.1, 0.15) is 0 Å². The number of hydrogen-bond donors (Lipinski definition) is 2. The predicted octanol–water partition coefficient (Wildman–Crippen LogP) is 2.83. The summed E-state index contributed by atoms with van der Waals surface area (Å²) >= 11 is 5.41. The van der Waals surface area contributed by atoms with E-state index in [1.807, 2.05) is 0 Å². The highest BCUT2D eigenvalue weighted by Crippen LogP contribution is 2.36. The summed E-state index contributed by atoms with van der Waals surface area (Å²) in [5, 5.41) is 8.06. The van der Waals surface area contributed by atoms with Crippen LogP contribution in [0.15, 0.2) is 18.2 Å². The van der Waals surface area contributed by atoms with Gasteiger partial charge in [0.25, 0.3) is 0 Å². The number of carboxylic acids is 1. The van der Waals surface area contributed by atoms with Gasteiger partial charge in [0, 0.05) is 6.04 Å². The van der Waals surface area contributed by atoms with Gasteiger partial charge in [-0.15, -0.1) is 0 Å². The van der Waals surface area contributed by atoms with E-state index >= 15 is 0 Å². The first-order valence-corrected chi connectivity index (χ1v) is 4.93. The molecule has 0 bridgehead atoms. The Hall–Kier alpha value is -1.27. The molecule has 94 valence electrons. The minimum atomic E-state index is -4.59. The number of benzene rings is 1. The van der Waals surface area contributed by atoms with Gasteiger partial charge in [0.2, 0.25) is 0 Å². The van der Waals surface area contributed by atoms with Gasteiger partial charge in [-0.1, -0.05) is 17.7 Å². The molecule has 0 unspecified atom stereocenters. The average molecular weight is 268 g/mol. The summed E-state index contributed by atoms with van der Waals surface area (Å²) in [6, 6.07) is 2.12. The Morgan fingerprint density at radius 1 is 1.47 bits per heavy atom. The normalized spacial score (nSPS) is 13.5. The minimum Gasteiger partial charge on any atom is -0.481 e. The molecule has 17 heavy (non-hydrogen) atoms. The van der Waals surface area contributed by atoms with Crippen molar-refractivity contribution in [3.8, 4) is 0 Å². The number of carbonyl (C=O) groups is 1. The SMILES string of the molecule is N[C@H](CC(=O)O)c1ccc(Cl)c(C(F)(F)F)c1. The molecular weight excluding hydrogens is 259 g/mol. The van der Waals surface area contributed by atoms with Crippen LogP contribution < -0.4 is 5.73 Å². The number of nitrogens with two attached hydrogens (primary N) is 1. The second kappa shape index (κ2) is 4.93. The predicted molar refractivity (Wildman–Crippen MR) is 55.6 cm³/mol. The van der Waals surface area contributed by atoms with Crippen molar-refractivity contribution in [1.82, 2.24) is 0 Å². The van der Waals surface area contributed by atoms with Gasteiger partial charge in [-0.2, -0.15) is 13.2 Å². The molecule has 0 aliphatic rings. The maximum atomic E-state index is 12.5. The van der Waals surface area contributed by atoms with Crippen LogP contribution in [0.4, 0.5) is 13.2 Å². The van der Waals surface area contributed by atoms with Crippen LogP contribution in [0.5, 0.6) is 0 Å². The average Bonchev–Trinajstić information content (AvgIpc) is 2.15. The lowest BCUT2D eigenvalue weighted by molar-refractivity contribution is -0.137. The quantitative estimate of drug-likeness (QED) is 0.885. The molecule has 0 saturated heterocycles. The monoisotopic (exact) mass is 267 g/mol. The smallest absolute Gasteiger partial charge is 0.417 e. The van der Waals surface area contributed by atoms with Gasteiger partial charge in [0.05, 0.1) is 17.0 Å². The molecule has 0 amide bonds. The van der Waals surface area contributed by atoms with Gasteiger partial charge >= 0.3 is 12.1 Å². The van der Waals surface area contributed by atoms with E-state index in [4.69, 9.17) is 22.4 Å². The molecule has 3 N–H and O–H groups in total. The fourth-order valence-corrected chi connectivity index (χ4v) is 1.52. The summed E-state index contributed by atoms with van der Waals surface area (Å²) in [5.41, 5.74) is 4.54. The molecule has 0 radical (unpaired) electrons. The van der Waals surface area contributed by atoms with Gasteiger partial charge in [-0.25, -0.2) is 0 Å². The molecule has 3 nitrogen and oxygen atoms in total. The number of rotatable bonds is 3. The van der Waals surface area contributed by atoms with Crippen molar-refractivity contribution in [3.63, 3.8) is 0 Å². The van der Waals surface area contributed by atoms with Crippen molar-refractivity contribution in [2.75, 3.05) is 0 Å². The van der Waals surface area contributed by atoms with Crippen molar-refractivity contribution in [1.29, 1.82) is 0 Å². The van der Waals surface area contributed by atoms with Crippen LogP contribution >= 0.6 is 11.6 Å². The fourth-order valence-electron chi connectivity index (χ4n) is 1.30. The lowest BCUT2D eigenvalue weighted by Crippen LogP contribution is -2.16. The number of halogens is 4. The van der Waals surface area contributed by atoms with Crippen LogP contribution in [0.25, 0.3) is 0 Å². The minimum absolute atomic E-state index is 0.0872. The Morgan fingerprint density at radius 2 is 2.06 bits per heavy atom. The van der Waals surface area contributed by atoms with E-state index in [-0.39, 0.29) is 5.56 Å². The second-order valence-electron chi connectivity index (χ2n) is 3.44. The molecule has 0 aliphatic carbocycles. The molecule has 0 aromatic heterocycles. The Labute approximate surface area is 100.0 Å². The van der Waals surface area contributed by atoms with Crippen molar-refractivity contribution in [3.05, 3.63) is 34.3 Å². The third kappa shape index (κ3) is 3.61. The lowest BCUT2D eigenvalue weighted by atomic mass is 10.0. The third-order valence-electron chi connectivity index (χ3n) is 2.12. The van der Waals surface area contributed by atoms with Crippen molar-refractivity contribution in [2.45, 2.75) is 18.6 Å². The topological polar surface area (TPSA) is 63.3 Å². The molecular formula is C10H9ClF3NO2. The molecule has 1 atom stereocenters. The molecule has 1 aromatic carbocycles. The van der Waals surface area contributed by atoms with E-state index in [0.29, 0.717) is 0 Å². The van der Waals surface area contributed by atoms with Crippen LogP contribution in [0, 0.1) is 0 Å². The van der Waals surface area contributed by atoms with E-state index in [1.54, 1.807) is 0 Å². The zero-order valence-corrected chi connectivity index (χ0v) is 9.22. The van der Waals surface area contributed by atoms with Gasteiger partial charge in [0.15, 0.2) is 0 Å². The van der Waals surface area contributed by atoms with Gasteiger partial charge in [-0.3, -0.25) is 4.79 Å². The zero-order valence-electron chi connectivity index (χ0n) is 8.46. The first kappa shape index (κ1) is 13.8. The summed E-state index contributed by atoms with van der Waals surface area (Å²) < 4.78 is 37.5. The number of aliphatic carboxylic acids is 1. The number of carboxylic acid groups (broad SMARTS) is 1. The summed E-state index contributed by atoms with van der Waals surface area (Å²) in [7, 11) is 0. The van der Waals surface area contributed by atoms with E-state index < -0.39 is 35.2 Å². The van der Waals surface area contributed by atoms with Crippen molar-refractivity contribution >= 4 is 17.6 Å². The van der Waals surface area contributed by atoms with Crippen LogP contribution in [0.2, 0.25) is 5.02 Å². The summed E-state index contributed by atoms with van der Waals surface area (Å²) in [6.07, 6.45) is -5.03. The molecule has 0 saturated carbocycles. The zero-order chi connectivity index (χ0) is 13.2. The molecule has 0 fully saturated rings. The molecule has 0 aliphatic heterocycles. The molecule has 1 aromatic rings. The first-order valence-electron chi connectivity index (χ1n) is 4.56. The standard InChI is InChI=1S/C10H9ClF3NO2/c11-7-2-1-5(8(15)4-9(16)17)3-6(7)10(12,13)14/h1-3,8H,4,15H2,(H,16,17)/t8-/m1/s1. The Bertz CT molecular complexity index is 434. The summed E-state index contributed by atoms with van der Waals surface area (Å²) in [5.74, 6) is -1.18. The first-order chi connectivity index (χ1) is 7.71. The maximum absolute atomic E-state index is 12.5. The molecule has 0 heterocycles. The molecule has 1 rings (SSSR count). The summed E-state index contributed by atoms with van der Waals surface area (Å²) in [4.78, 5) is 10.4. The Kier molecular flexibility index (Phi) is 4.00. The van der Waals surface area contributed by atoms with Crippen LogP contribution in [-0.2, 0) is 11.0 Å². The molecule has 7 heteroatoms. The van der Waals surface area contributed by atoms with Gasteiger partial charge in [-0.05, 0) is 17.7 Å². The Balaban J connectivity index is 3.08. The van der Waals surface area contributed by atoms with E-state index in [1.165, 1.54) is 6.07 Å². The highest BCUT2D eigenvalue weighted by atomic mass is 35.5. The fraction of sp³-hybridized carbons (Fsp3) is 0.300. The van der Waals surface area contributed by atoms with E-state index in [9.17, 15) is 18.0 Å². The lowest BCUT2D eigenvalue weighted by Gasteiger charge is -2.14. The van der Waals surface area contributed by atoms with Crippen molar-refractivity contribution < 1.29 is 23.1 Å². The van der Waals surface area contributed by atoms with E-state index in [0.717, 1.165) is 12.1 Å². The van der Waals surface area contributed by atoms with Crippen LogP contribution in [0.1, 0.15) is 23.6 Å². The second-order valence-corrected chi connectivity index (χ2v) is 3.85. The Morgan fingerprint density at radius 3 is 2.53 bits per heavy atom. The number of alkyl halides is 3. The van der Waals surface area contributed by atoms with Crippen LogP contribution in [-0.4, -0.2) is 11.1 Å². The third-order valence-corrected chi connectivity index (χ3v) is 2.45. The maximum Gasteiger partial charge on any atom is 0.417 e. The van der Waals surface area contributed by atoms with Crippen LogP contribution in [0.3, 0.4) is 0 Å². The van der Waals surface area contributed by atoms with Crippen molar-refractivity contribution in [2.24, 2.45) is 5.73 Å². The molecule has 0 spiro atoms. The largest absolute Gasteiger partial charge is 0.481 e. The highest BCUT2D eigenvalue weighted by Gasteiger charge is 2.33. The highest BCUT2D eigenvalue weighted by molar-refractivity contribution is 6.31. The number of hydrogen-bond acceptors (Lipinski definition) is 2. The van der Waals surface area contributed by atoms with E-state index in [2.05, 4.69) is 0 Å².